The number of benzene rings is 3. The average molecular weight is 626 g/mol. The number of ether oxygens (including phenoxy) is 1. The van der Waals surface area contributed by atoms with Gasteiger partial charge in [0.25, 0.3) is 0 Å². The summed E-state index contributed by atoms with van der Waals surface area (Å²) in [6.45, 7) is 1.35. The highest BCUT2D eigenvalue weighted by Crippen LogP contribution is 2.69. The largest absolute Gasteiger partial charge is 0.453 e. The molecule has 1 fully saturated rings. The van der Waals surface area contributed by atoms with Crippen LogP contribution in [0.3, 0.4) is 0 Å². The normalized spacial score (nSPS) is 26.6. The standard InChI is InChI=1S/C31H23Cl3N2O6/c1-15(26(38)16-10-12-17(32)13-11-16)42-29(41)22(14-23(35)37)36-27(39)24-25(28(36)40)31(34)19-7-3-2-6-18(19)30(24,33)20-8-4-5-9-21(20)31/h2-13,15,22,24-25H,14H2,1H3,(H2,35,37)/t15-,22+,24-,25-,30?,31?/m0/s1. The second-order valence-electron chi connectivity index (χ2n) is 10.7. The molecule has 2 bridgehead atoms. The molecule has 11 heteroatoms. The highest BCUT2D eigenvalue weighted by molar-refractivity contribution is 6.36. The number of hydrogen-bond acceptors (Lipinski definition) is 6. The highest BCUT2D eigenvalue weighted by atomic mass is 35.5. The summed E-state index contributed by atoms with van der Waals surface area (Å²) in [5.41, 5.74) is 8.03. The predicted octanol–water partition coefficient (Wildman–Crippen LogP) is 4.29. The van der Waals surface area contributed by atoms with Gasteiger partial charge in [-0.2, -0.15) is 0 Å². The van der Waals surface area contributed by atoms with Gasteiger partial charge in [-0.3, -0.25) is 24.1 Å². The number of carbonyl (C=O) groups is 5. The molecule has 1 saturated heterocycles. The van der Waals surface area contributed by atoms with Crippen LogP contribution in [0.25, 0.3) is 0 Å². The molecule has 7 rings (SSSR count). The number of nitrogens with zero attached hydrogens (tertiary/aromatic N) is 1. The van der Waals surface area contributed by atoms with E-state index in [1.807, 2.05) is 0 Å². The number of rotatable bonds is 7. The maximum absolute atomic E-state index is 14.2. The van der Waals surface area contributed by atoms with E-state index in [1.54, 1.807) is 48.5 Å². The Bertz CT molecular complexity index is 1570. The number of esters is 1. The van der Waals surface area contributed by atoms with Gasteiger partial charge in [-0.25, -0.2) is 4.79 Å². The third-order valence-electron chi connectivity index (χ3n) is 8.39. The summed E-state index contributed by atoms with van der Waals surface area (Å²) in [5, 5.41) is 0.414. The van der Waals surface area contributed by atoms with Crippen LogP contribution in [0.1, 0.15) is 46.0 Å². The first-order valence-corrected chi connectivity index (χ1v) is 14.3. The molecule has 214 valence electrons. The minimum atomic E-state index is -1.74. The van der Waals surface area contributed by atoms with E-state index in [9.17, 15) is 24.0 Å². The molecule has 4 aliphatic rings. The van der Waals surface area contributed by atoms with Crippen LogP contribution in [0, 0.1) is 11.8 Å². The van der Waals surface area contributed by atoms with Gasteiger partial charge < -0.3 is 10.5 Å². The third-order valence-corrected chi connectivity index (χ3v) is 9.93. The smallest absolute Gasteiger partial charge is 0.330 e. The minimum absolute atomic E-state index is 0.228. The van der Waals surface area contributed by atoms with Crippen molar-refractivity contribution in [3.63, 3.8) is 0 Å². The van der Waals surface area contributed by atoms with Crippen molar-refractivity contribution in [2.24, 2.45) is 17.6 Å². The lowest BCUT2D eigenvalue weighted by Gasteiger charge is -2.54. The first-order chi connectivity index (χ1) is 19.9. The Kier molecular flexibility index (Phi) is 6.72. The van der Waals surface area contributed by atoms with Crippen LogP contribution in [-0.4, -0.2) is 46.5 Å². The van der Waals surface area contributed by atoms with Crippen molar-refractivity contribution in [2.45, 2.75) is 35.2 Å². The maximum atomic E-state index is 14.2. The van der Waals surface area contributed by atoms with Gasteiger partial charge in [0.15, 0.2) is 6.10 Å². The van der Waals surface area contributed by atoms with E-state index in [0.29, 0.717) is 32.2 Å². The van der Waals surface area contributed by atoms with Crippen LogP contribution in [-0.2, 0) is 33.7 Å². The predicted molar refractivity (Wildman–Crippen MR) is 154 cm³/mol. The topological polar surface area (TPSA) is 124 Å². The van der Waals surface area contributed by atoms with Gasteiger partial charge >= 0.3 is 5.97 Å². The van der Waals surface area contributed by atoms with E-state index < -0.39 is 69.6 Å². The van der Waals surface area contributed by atoms with E-state index in [2.05, 4.69) is 0 Å². The van der Waals surface area contributed by atoms with Gasteiger partial charge in [0, 0.05) is 10.6 Å². The number of imide groups is 1. The Morgan fingerprint density at radius 1 is 0.833 bits per heavy atom. The molecule has 1 heterocycles. The van der Waals surface area contributed by atoms with Gasteiger partial charge in [-0.05, 0) is 53.4 Å². The van der Waals surface area contributed by atoms with Crippen molar-refractivity contribution in [3.05, 3.63) is 106 Å². The molecule has 0 aromatic heterocycles. The molecule has 4 atom stereocenters. The zero-order chi connectivity index (χ0) is 30.1. The Morgan fingerprint density at radius 3 is 1.67 bits per heavy atom. The molecular formula is C31H23Cl3N2O6. The number of primary amides is 1. The van der Waals surface area contributed by atoms with E-state index in [4.69, 9.17) is 45.3 Å². The molecule has 8 nitrogen and oxygen atoms in total. The Hall–Kier alpha value is -3.72. The molecule has 3 aromatic rings. The van der Waals surface area contributed by atoms with Crippen LogP contribution < -0.4 is 5.73 Å². The van der Waals surface area contributed by atoms with Crippen molar-refractivity contribution >= 4 is 64.3 Å². The van der Waals surface area contributed by atoms with Crippen molar-refractivity contribution in [3.8, 4) is 0 Å². The quantitative estimate of drug-likeness (QED) is 0.181. The number of carbonyl (C=O) groups excluding carboxylic acids is 5. The number of nitrogens with two attached hydrogens (primary N) is 1. The molecule has 3 aliphatic carbocycles. The first-order valence-electron chi connectivity index (χ1n) is 13.2. The van der Waals surface area contributed by atoms with Crippen LogP contribution in [0.5, 0.6) is 0 Å². The summed E-state index contributed by atoms with van der Waals surface area (Å²) < 4.78 is 5.42. The second kappa shape index (κ2) is 9.93. The molecule has 42 heavy (non-hydrogen) atoms. The van der Waals surface area contributed by atoms with E-state index in [0.717, 1.165) is 0 Å². The molecule has 0 radical (unpaired) electrons. The summed E-state index contributed by atoms with van der Waals surface area (Å²) in [4.78, 5) is 64.8. The molecule has 0 spiro atoms. The fraction of sp³-hybridized carbons (Fsp3) is 0.258. The average Bonchev–Trinajstić information content (AvgIpc) is 3.25. The lowest BCUT2D eigenvalue weighted by molar-refractivity contribution is -0.161. The van der Waals surface area contributed by atoms with Crippen LogP contribution in [0.2, 0.25) is 5.02 Å². The number of likely N-dealkylation sites (tertiary alicyclic amines) is 1. The zero-order valence-electron chi connectivity index (χ0n) is 22.1. The number of amides is 3. The molecule has 1 aliphatic heterocycles. The van der Waals surface area contributed by atoms with Crippen LogP contribution in [0.4, 0.5) is 0 Å². The van der Waals surface area contributed by atoms with Crippen molar-refractivity contribution in [1.82, 2.24) is 4.90 Å². The van der Waals surface area contributed by atoms with E-state index in [1.165, 1.54) is 31.2 Å². The summed E-state index contributed by atoms with van der Waals surface area (Å²) in [6, 6.07) is 18.4. The number of halogens is 3. The first kappa shape index (κ1) is 28.4. The van der Waals surface area contributed by atoms with Crippen molar-refractivity contribution in [1.29, 1.82) is 0 Å². The van der Waals surface area contributed by atoms with Gasteiger partial charge in [-0.15, -0.1) is 23.2 Å². The summed E-state index contributed by atoms with van der Waals surface area (Å²) in [7, 11) is 0. The lowest BCUT2D eigenvalue weighted by atomic mass is 9.54. The van der Waals surface area contributed by atoms with Gasteiger partial charge in [-0.1, -0.05) is 60.1 Å². The summed E-state index contributed by atoms with van der Waals surface area (Å²) in [6.07, 6.45) is -2.03. The van der Waals surface area contributed by atoms with Gasteiger partial charge in [0.2, 0.25) is 23.5 Å². The Balaban J connectivity index is 1.40. The number of Topliss-reactive ketones (excluding diaryl/α,β-unsaturated/α-hetero) is 1. The molecule has 3 amide bonds. The summed E-state index contributed by atoms with van der Waals surface area (Å²) >= 11 is 20.7. The Labute approximate surface area is 255 Å². The minimum Gasteiger partial charge on any atom is -0.453 e. The van der Waals surface area contributed by atoms with Gasteiger partial charge in [0.1, 0.15) is 15.8 Å². The number of alkyl halides is 2. The number of ketones is 1. The third kappa shape index (κ3) is 3.85. The molecule has 2 N–H and O–H groups in total. The monoisotopic (exact) mass is 624 g/mol. The molecule has 0 unspecified atom stereocenters. The van der Waals surface area contributed by atoms with Crippen molar-refractivity contribution < 1.29 is 28.7 Å². The Morgan fingerprint density at radius 2 is 1.26 bits per heavy atom. The maximum Gasteiger partial charge on any atom is 0.330 e. The number of hydrogen-bond donors (Lipinski definition) is 1. The van der Waals surface area contributed by atoms with Crippen LogP contribution in [0.15, 0.2) is 72.8 Å². The van der Waals surface area contributed by atoms with Gasteiger partial charge in [0.05, 0.1) is 18.3 Å². The fourth-order valence-corrected chi connectivity index (χ4v) is 7.85. The van der Waals surface area contributed by atoms with E-state index >= 15 is 0 Å². The van der Waals surface area contributed by atoms with E-state index in [-0.39, 0.29) is 5.56 Å². The SMILES string of the molecule is C[C@H](OC(=O)[C@@H](CC(N)=O)N1C(=O)[C@@H]2[C@@H](C1=O)C1(Cl)c3ccccc3C2(Cl)c2ccccc21)C(=O)c1ccc(Cl)cc1. The zero-order valence-corrected chi connectivity index (χ0v) is 24.3. The molecule has 3 aromatic carbocycles. The highest BCUT2D eigenvalue weighted by Gasteiger charge is 2.74. The second-order valence-corrected chi connectivity index (χ2v) is 12.3. The fourth-order valence-electron chi connectivity index (χ4n) is 6.62. The molecule has 0 saturated carbocycles. The van der Waals surface area contributed by atoms with Crippen molar-refractivity contribution in [2.75, 3.05) is 0 Å². The summed E-state index contributed by atoms with van der Waals surface area (Å²) in [5.74, 6) is -6.59. The molecular weight excluding hydrogens is 603 g/mol. The van der Waals surface area contributed by atoms with Crippen LogP contribution >= 0.6 is 34.8 Å². The lowest BCUT2D eigenvalue weighted by Crippen LogP contribution is -2.57.